The van der Waals surface area contributed by atoms with Gasteiger partial charge in [0.1, 0.15) is 0 Å². The van der Waals surface area contributed by atoms with Crippen molar-refractivity contribution in [2.75, 3.05) is 17.2 Å². The topological polar surface area (TPSA) is 41.1 Å². The fourth-order valence-electron chi connectivity index (χ4n) is 2.58. The molecule has 2 aliphatic rings. The van der Waals surface area contributed by atoms with E-state index in [1.807, 2.05) is 0 Å². The molecule has 19 heavy (non-hydrogen) atoms. The van der Waals surface area contributed by atoms with Crippen molar-refractivity contribution in [1.29, 1.82) is 0 Å². The van der Waals surface area contributed by atoms with Gasteiger partial charge in [0.05, 0.1) is 22.4 Å². The van der Waals surface area contributed by atoms with E-state index in [-0.39, 0.29) is 5.91 Å². The Kier molecular flexibility index (Phi) is 2.52. The van der Waals surface area contributed by atoms with Crippen LogP contribution in [-0.4, -0.2) is 12.5 Å². The smallest absolute Gasteiger partial charge is 0.382 e. The minimum atomic E-state index is -4.37. The molecule has 3 rings (SSSR count). The number of alkyl halides is 3. The predicted octanol–water partition coefficient (Wildman–Crippen LogP) is 3.24. The molecule has 0 unspecified atom stereocenters. The molecule has 102 valence electrons. The minimum absolute atomic E-state index is 0.0928. The van der Waals surface area contributed by atoms with Gasteiger partial charge >= 0.3 is 6.18 Å². The molecule has 0 bridgehead atoms. The highest BCUT2D eigenvalue weighted by molar-refractivity contribution is 6.00. The molecule has 1 aliphatic heterocycles. The van der Waals surface area contributed by atoms with Crippen molar-refractivity contribution in [2.24, 2.45) is 5.41 Å². The first-order valence-electron chi connectivity index (χ1n) is 6.17. The summed E-state index contributed by atoms with van der Waals surface area (Å²) in [5.74, 6) is -0.0928. The summed E-state index contributed by atoms with van der Waals surface area (Å²) in [5.41, 5.74) is -0.400. The second kappa shape index (κ2) is 3.88. The van der Waals surface area contributed by atoms with Crippen molar-refractivity contribution in [1.82, 2.24) is 0 Å². The summed E-state index contributed by atoms with van der Waals surface area (Å²) in [4.78, 5) is 12.1. The van der Waals surface area contributed by atoms with Gasteiger partial charge in [-0.25, -0.2) is 0 Å². The monoisotopic (exact) mass is 270 g/mol. The summed E-state index contributed by atoms with van der Waals surface area (Å²) < 4.78 is 38.0. The number of amides is 1. The molecular weight excluding hydrogens is 257 g/mol. The number of anilines is 2. The van der Waals surface area contributed by atoms with E-state index in [0.29, 0.717) is 17.9 Å². The molecule has 1 aliphatic carbocycles. The average Bonchev–Trinajstić information content (AvgIpc) is 2.42. The SMILES string of the molecule is O=C1Nc2ccc(C(F)(F)F)cc2NCC12CCC2. The molecule has 0 atom stereocenters. The van der Waals surface area contributed by atoms with Crippen LogP contribution in [0.25, 0.3) is 0 Å². The van der Waals surface area contributed by atoms with Crippen LogP contribution in [-0.2, 0) is 11.0 Å². The zero-order valence-electron chi connectivity index (χ0n) is 10.1. The van der Waals surface area contributed by atoms with E-state index in [9.17, 15) is 18.0 Å². The third-order valence-corrected chi connectivity index (χ3v) is 4.00. The number of hydrogen-bond donors (Lipinski definition) is 2. The van der Waals surface area contributed by atoms with E-state index < -0.39 is 17.2 Å². The number of carbonyl (C=O) groups is 1. The Morgan fingerprint density at radius 1 is 1.16 bits per heavy atom. The molecule has 0 saturated heterocycles. The van der Waals surface area contributed by atoms with Crippen LogP contribution in [0.15, 0.2) is 18.2 Å². The van der Waals surface area contributed by atoms with Crippen molar-refractivity contribution >= 4 is 17.3 Å². The Hall–Kier alpha value is -1.72. The van der Waals surface area contributed by atoms with Gasteiger partial charge in [-0.1, -0.05) is 6.42 Å². The first-order chi connectivity index (χ1) is 8.91. The van der Waals surface area contributed by atoms with E-state index in [2.05, 4.69) is 10.6 Å². The van der Waals surface area contributed by atoms with Gasteiger partial charge in [-0.15, -0.1) is 0 Å². The molecule has 1 heterocycles. The maximum absolute atomic E-state index is 12.7. The number of nitrogens with one attached hydrogen (secondary N) is 2. The van der Waals surface area contributed by atoms with Gasteiger partial charge in [0.2, 0.25) is 5.91 Å². The van der Waals surface area contributed by atoms with Crippen LogP contribution in [0, 0.1) is 5.41 Å². The number of halogens is 3. The van der Waals surface area contributed by atoms with Crippen molar-refractivity contribution in [2.45, 2.75) is 25.4 Å². The zero-order chi connectivity index (χ0) is 13.7. The van der Waals surface area contributed by atoms with Crippen molar-refractivity contribution in [3.05, 3.63) is 23.8 Å². The van der Waals surface area contributed by atoms with Crippen LogP contribution in [0.4, 0.5) is 24.5 Å². The third-order valence-electron chi connectivity index (χ3n) is 4.00. The molecule has 1 aromatic carbocycles. The highest BCUT2D eigenvalue weighted by atomic mass is 19.4. The van der Waals surface area contributed by atoms with Crippen LogP contribution < -0.4 is 10.6 Å². The minimum Gasteiger partial charge on any atom is -0.382 e. The summed E-state index contributed by atoms with van der Waals surface area (Å²) in [6.45, 7) is 0.396. The Morgan fingerprint density at radius 3 is 2.47 bits per heavy atom. The van der Waals surface area contributed by atoms with Gasteiger partial charge in [-0.05, 0) is 31.0 Å². The fraction of sp³-hybridized carbons (Fsp3) is 0.462. The van der Waals surface area contributed by atoms with E-state index in [4.69, 9.17) is 0 Å². The highest BCUT2D eigenvalue weighted by Crippen LogP contribution is 2.45. The van der Waals surface area contributed by atoms with Gasteiger partial charge in [0, 0.05) is 6.54 Å². The van der Waals surface area contributed by atoms with Gasteiger partial charge in [0.15, 0.2) is 0 Å². The summed E-state index contributed by atoms with van der Waals surface area (Å²) in [6, 6.07) is 3.34. The van der Waals surface area contributed by atoms with Gasteiger partial charge in [-0.3, -0.25) is 4.79 Å². The molecule has 1 amide bonds. The molecule has 6 heteroatoms. The molecule has 0 radical (unpaired) electrons. The maximum atomic E-state index is 12.7. The number of carbonyl (C=O) groups excluding carboxylic acids is 1. The molecule has 2 N–H and O–H groups in total. The zero-order valence-corrected chi connectivity index (χ0v) is 10.1. The summed E-state index contributed by atoms with van der Waals surface area (Å²) in [6.07, 6.45) is -1.82. The highest BCUT2D eigenvalue weighted by Gasteiger charge is 2.45. The lowest BCUT2D eigenvalue weighted by atomic mass is 9.68. The van der Waals surface area contributed by atoms with Crippen LogP contribution in [0.3, 0.4) is 0 Å². The molecule has 1 spiro atoms. The molecule has 0 aromatic heterocycles. The van der Waals surface area contributed by atoms with Crippen LogP contribution in [0.5, 0.6) is 0 Å². The van der Waals surface area contributed by atoms with E-state index in [1.165, 1.54) is 6.07 Å². The Morgan fingerprint density at radius 2 is 1.89 bits per heavy atom. The first kappa shape index (κ1) is 12.3. The molecule has 1 saturated carbocycles. The second-order valence-electron chi connectivity index (χ2n) is 5.20. The largest absolute Gasteiger partial charge is 0.416 e. The standard InChI is InChI=1S/C13H13F3N2O/c14-13(15,16)8-2-3-9-10(6-8)17-7-12(4-1-5-12)11(19)18-9/h2-3,6,17H,1,4-5,7H2,(H,18,19). The molecule has 1 fully saturated rings. The van der Waals surface area contributed by atoms with Gasteiger partial charge < -0.3 is 10.6 Å². The van der Waals surface area contributed by atoms with Gasteiger partial charge in [-0.2, -0.15) is 13.2 Å². The van der Waals surface area contributed by atoms with Gasteiger partial charge in [0.25, 0.3) is 0 Å². The fourth-order valence-corrected chi connectivity index (χ4v) is 2.58. The number of rotatable bonds is 0. The third kappa shape index (κ3) is 1.95. The molecule has 1 aromatic rings. The van der Waals surface area contributed by atoms with E-state index in [1.54, 1.807) is 0 Å². The first-order valence-corrected chi connectivity index (χ1v) is 6.17. The second-order valence-corrected chi connectivity index (χ2v) is 5.20. The molecular formula is C13H13F3N2O. The lowest BCUT2D eigenvalue weighted by Crippen LogP contribution is -2.45. The van der Waals surface area contributed by atoms with Crippen LogP contribution >= 0.6 is 0 Å². The Labute approximate surface area is 108 Å². The van der Waals surface area contributed by atoms with Crippen LogP contribution in [0.2, 0.25) is 0 Å². The number of benzene rings is 1. The van der Waals surface area contributed by atoms with Crippen molar-refractivity contribution in [3.8, 4) is 0 Å². The summed E-state index contributed by atoms with van der Waals surface area (Å²) >= 11 is 0. The Balaban J connectivity index is 1.94. The maximum Gasteiger partial charge on any atom is 0.416 e. The van der Waals surface area contributed by atoms with Crippen molar-refractivity contribution in [3.63, 3.8) is 0 Å². The number of fused-ring (bicyclic) bond motifs is 1. The van der Waals surface area contributed by atoms with Crippen molar-refractivity contribution < 1.29 is 18.0 Å². The lowest BCUT2D eigenvalue weighted by Gasteiger charge is -2.38. The Bertz CT molecular complexity index is 535. The summed E-state index contributed by atoms with van der Waals surface area (Å²) in [7, 11) is 0. The average molecular weight is 270 g/mol. The molecule has 3 nitrogen and oxygen atoms in total. The number of hydrogen-bond acceptors (Lipinski definition) is 2. The predicted molar refractivity (Wildman–Crippen MR) is 64.8 cm³/mol. The van der Waals surface area contributed by atoms with E-state index in [0.717, 1.165) is 31.4 Å². The normalized spacial score (nSPS) is 20.9. The van der Waals surface area contributed by atoms with Crippen LogP contribution in [0.1, 0.15) is 24.8 Å². The summed E-state index contributed by atoms with van der Waals surface area (Å²) in [5, 5.41) is 5.70. The lowest BCUT2D eigenvalue weighted by molar-refractivity contribution is -0.137. The van der Waals surface area contributed by atoms with E-state index >= 15 is 0 Å². The quantitative estimate of drug-likeness (QED) is 0.760.